The van der Waals surface area contributed by atoms with E-state index in [0.29, 0.717) is 23.5 Å². The van der Waals surface area contributed by atoms with Crippen LogP contribution in [0.1, 0.15) is 30.2 Å². The molecule has 0 amide bonds. The fourth-order valence-corrected chi connectivity index (χ4v) is 4.11. The minimum absolute atomic E-state index is 0.0430. The van der Waals surface area contributed by atoms with Gasteiger partial charge in [0.2, 0.25) is 5.82 Å². The topological polar surface area (TPSA) is 137 Å². The van der Waals surface area contributed by atoms with Crippen molar-refractivity contribution in [3.05, 3.63) is 87.8 Å². The highest BCUT2D eigenvalue weighted by Crippen LogP contribution is 2.38. The Morgan fingerprint density at radius 3 is 2.54 bits per heavy atom. The smallest absolute Gasteiger partial charge is 0.299 e. The Balaban J connectivity index is 1.52. The van der Waals surface area contributed by atoms with E-state index in [1.807, 2.05) is 63.2 Å². The fourth-order valence-electron chi connectivity index (χ4n) is 4.11. The Labute approximate surface area is 212 Å². The highest BCUT2D eigenvalue weighted by Gasteiger charge is 2.16. The SMILES string of the molecule is CCCc1[nH]n(-c2ccc(C)c(C)c2)c(=O)c1N=Nc1cccc(-c2cccc(-c3nn[nH]n3)c2)c1O. The first-order valence-electron chi connectivity index (χ1n) is 12.0. The van der Waals surface area contributed by atoms with Gasteiger partial charge in [-0.25, -0.2) is 4.68 Å². The lowest BCUT2D eigenvalue weighted by Crippen LogP contribution is -2.14. The molecule has 0 aliphatic rings. The monoisotopic (exact) mass is 494 g/mol. The van der Waals surface area contributed by atoms with Crippen LogP contribution in [0.25, 0.3) is 28.2 Å². The molecule has 5 rings (SSSR count). The van der Waals surface area contributed by atoms with E-state index >= 15 is 0 Å². The number of benzene rings is 3. The number of phenols is 1. The maximum Gasteiger partial charge on any atom is 0.299 e. The van der Waals surface area contributed by atoms with Crippen molar-refractivity contribution in [2.75, 3.05) is 0 Å². The predicted octanol–water partition coefficient (Wildman–Crippen LogP) is 5.70. The number of aromatic hydroxyl groups is 1. The van der Waals surface area contributed by atoms with Gasteiger partial charge >= 0.3 is 0 Å². The molecule has 0 spiro atoms. The molecule has 0 aliphatic carbocycles. The van der Waals surface area contributed by atoms with Crippen LogP contribution in [0.3, 0.4) is 0 Å². The molecule has 0 saturated heterocycles. The van der Waals surface area contributed by atoms with Gasteiger partial charge in [-0.05, 0) is 66.4 Å². The van der Waals surface area contributed by atoms with Crippen molar-refractivity contribution in [3.8, 4) is 34.0 Å². The van der Waals surface area contributed by atoms with E-state index in [2.05, 4.69) is 36.0 Å². The summed E-state index contributed by atoms with van der Waals surface area (Å²) in [5.74, 6) is 0.409. The van der Waals surface area contributed by atoms with Crippen LogP contribution in [0, 0.1) is 13.8 Å². The number of hydrogen-bond acceptors (Lipinski definition) is 7. The number of tetrazole rings is 1. The van der Waals surface area contributed by atoms with Crippen molar-refractivity contribution in [3.63, 3.8) is 0 Å². The summed E-state index contributed by atoms with van der Waals surface area (Å²) < 4.78 is 1.49. The molecule has 2 aromatic heterocycles. The van der Waals surface area contributed by atoms with Crippen LogP contribution >= 0.6 is 0 Å². The Bertz CT molecular complexity index is 1650. The van der Waals surface area contributed by atoms with E-state index in [1.165, 1.54) is 4.68 Å². The van der Waals surface area contributed by atoms with Crippen LogP contribution in [0.4, 0.5) is 11.4 Å². The van der Waals surface area contributed by atoms with Gasteiger partial charge in [0.25, 0.3) is 5.56 Å². The van der Waals surface area contributed by atoms with Crippen LogP contribution in [0.15, 0.2) is 75.7 Å². The van der Waals surface area contributed by atoms with Gasteiger partial charge in [-0.2, -0.15) is 5.21 Å². The average molecular weight is 495 g/mol. The minimum Gasteiger partial charge on any atom is -0.505 e. The van der Waals surface area contributed by atoms with E-state index in [0.717, 1.165) is 34.4 Å². The standard InChI is InChI=1S/C27H26N8O2/c1-4-7-22-24(27(37)35(32-22)20-13-12-16(2)17(3)14-20)29-28-23-11-6-10-21(25(23)36)18-8-5-9-19(15-18)26-30-33-34-31-26/h5-6,8-15,32,36H,4,7H2,1-3H3,(H,30,31,33,34). The van der Waals surface area contributed by atoms with Gasteiger partial charge in [-0.1, -0.05) is 49.7 Å². The third-order valence-corrected chi connectivity index (χ3v) is 6.24. The first-order valence-corrected chi connectivity index (χ1v) is 12.0. The molecule has 10 heteroatoms. The summed E-state index contributed by atoms with van der Waals surface area (Å²) in [6.07, 6.45) is 1.46. The zero-order valence-corrected chi connectivity index (χ0v) is 20.7. The van der Waals surface area contributed by atoms with Gasteiger partial charge in [-0.3, -0.25) is 9.89 Å². The molecule has 0 aliphatic heterocycles. The van der Waals surface area contributed by atoms with Crippen LogP contribution in [0.2, 0.25) is 0 Å². The summed E-state index contributed by atoms with van der Waals surface area (Å²) in [6, 6.07) is 18.5. The quantitative estimate of drug-likeness (QED) is 0.249. The second kappa shape index (κ2) is 10.0. The Morgan fingerprint density at radius 2 is 1.78 bits per heavy atom. The third-order valence-electron chi connectivity index (χ3n) is 6.24. The van der Waals surface area contributed by atoms with Gasteiger partial charge in [0.1, 0.15) is 5.69 Å². The minimum atomic E-state index is -0.293. The van der Waals surface area contributed by atoms with Gasteiger partial charge < -0.3 is 5.11 Å². The largest absolute Gasteiger partial charge is 0.505 e. The lowest BCUT2D eigenvalue weighted by molar-refractivity contribution is 0.478. The highest BCUT2D eigenvalue weighted by atomic mass is 16.3. The van der Waals surface area contributed by atoms with Crippen LogP contribution in [-0.2, 0) is 6.42 Å². The molecule has 0 saturated carbocycles. The maximum atomic E-state index is 13.3. The first kappa shape index (κ1) is 23.9. The van der Waals surface area contributed by atoms with E-state index < -0.39 is 0 Å². The lowest BCUT2D eigenvalue weighted by atomic mass is 10.0. The number of nitrogens with zero attached hydrogens (tertiary/aromatic N) is 6. The summed E-state index contributed by atoms with van der Waals surface area (Å²) in [4.78, 5) is 13.3. The number of hydrogen-bond donors (Lipinski definition) is 3. The summed E-state index contributed by atoms with van der Waals surface area (Å²) in [6.45, 7) is 6.07. The number of nitrogens with one attached hydrogen (secondary N) is 2. The summed E-state index contributed by atoms with van der Waals surface area (Å²) in [5.41, 5.74) is 5.92. The van der Waals surface area contributed by atoms with Crippen LogP contribution in [0.5, 0.6) is 5.75 Å². The summed E-state index contributed by atoms with van der Waals surface area (Å²) in [7, 11) is 0. The third kappa shape index (κ3) is 4.68. The second-order valence-corrected chi connectivity index (χ2v) is 8.79. The first-order chi connectivity index (χ1) is 18.0. The Hall–Kier alpha value is -4.86. The fraction of sp³-hybridized carbons (Fsp3) is 0.185. The van der Waals surface area contributed by atoms with Gasteiger partial charge in [0, 0.05) is 11.1 Å². The van der Waals surface area contributed by atoms with Crippen LogP contribution in [-0.4, -0.2) is 35.5 Å². The van der Waals surface area contributed by atoms with E-state index in [4.69, 9.17) is 0 Å². The predicted molar refractivity (Wildman–Crippen MR) is 141 cm³/mol. The molecular formula is C27H26N8O2. The second-order valence-electron chi connectivity index (χ2n) is 8.79. The number of aryl methyl sites for hydroxylation is 3. The van der Waals surface area contributed by atoms with Crippen molar-refractivity contribution in [2.45, 2.75) is 33.6 Å². The van der Waals surface area contributed by atoms with Gasteiger partial charge in [0.15, 0.2) is 11.4 Å². The summed E-state index contributed by atoms with van der Waals surface area (Å²) in [5, 5.41) is 36.9. The van der Waals surface area contributed by atoms with Crippen molar-refractivity contribution in [1.29, 1.82) is 0 Å². The zero-order valence-electron chi connectivity index (χ0n) is 20.7. The number of para-hydroxylation sites is 1. The molecule has 3 N–H and O–H groups in total. The van der Waals surface area contributed by atoms with Crippen molar-refractivity contribution >= 4 is 11.4 Å². The number of rotatable bonds is 7. The number of aromatic nitrogens is 6. The molecule has 0 atom stereocenters. The molecule has 0 radical (unpaired) electrons. The maximum absolute atomic E-state index is 13.3. The molecule has 3 aromatic carbocycles. The molecule has 0 fully saturated rings. The zero-order chi connectivity index (χ0) is 25.9. The number of H-pyrrole nitrogens is 2. The number of aromatic amines is 2. The molecule has 2 heterocycles. The van der Waals surface area contributed by atoms with E-state index in [1.54, 1.807) is 18.2 Å². The molecule has 0 bridgehead atoms. The molecular weight excluding hydrogens is 468 g/mol. The Morgan fingerprint density at radius 1 is 0.973 bits per heavy atom. The van der Waals surface area contributed by atoms with Crippen molar-refractivity contribution in [2.24, 2.45) is 10.2 Å². The molecule has 186 valence electrons. The van der Waals surface area contributed by atoms with E-state index in [9.17, 15) is 9.90 Å². The van der Waals surface area contributed by atoms with E-state index in [-0.39, 0.29) is 22.7 Å². The highest BCUT2D eigenvalue weighted by molar-refractivity contribution is 5.78. The molecule has 37 heavy (non-hydrogen) atoms. The molecule has 5 aromatic rings. The summed E-state index contributed by atoms with van der Waals surface area (Å²) >= 11 is 0. The number of azo groups is 1. The average Bonchev–Trinajstić information content (AvgIpc) is 3.54. The number of phenolic OH excluding ortho intramolecular Hbond substituents is 1. The Kier molecular flexibility index (Phi) is 6.46. The molecule has 0 unspecified atom stereocenters. The normalized spacial score (nSPS) is 11.4. The van der Waals surface area contributed by atoms with Gasteiger partial charge in [0.05, 0.1) is 11.4 Å². The van der Waals surface area contributed by atoms with Crippen molar-refractivity contribution < 1.29 is 5.11 Å². The lowest BCUT2D eigenvalue weighted by Gasteiger charge is -2.07. The van der Waals surface area contributed by atoms with Gasteiger partial charge in [-0.15, -0.1) is 20.4 Å². The van der Waals surface area contributed by atoms with Crippen LogP contribution < -0.4 is 5.56 Å². The van der Waals surface area contributed by atoms with Crippen molar-refractivity contribution in [1.82, 2.24) is 30.4 Å². The molecule has 10 nitrogen and oxygen atoms in total.